The van der Waals surface area contributed by atoms with Crippen LogP contribution < -0.4 is 5.73 Å². The van der Waals surface area contributed by atoms with Gasteiger partial charge in [0.05, 0.1) is 11.0 Å². The lowest BCUT2D eigenvalue weighted by Crippen LogP contribution is -2.05. The minimum absolute atomic E-state index is 0.732. The van der Waals surface area contributed by atoms with E-state index in [-0.39, 0.29) is 0 Å². The molecule has 2 nitrogen and oxygen atoms in total. The van der Waals surface area contributed by atoms with Crippen LogP contribution in [0.4, 0.5) is 0 Å². The molecule has 0 amide bonds. The van der Waals surface area contributed by atoms with Gasteiger partial charge in [-0.1, -0.05) is 48.6 Å². The van der Waals surface area contributed by atoms with Crippen molar-refractivity contribution < 1.29 is 0 Å². The molecule has 1 heterocycles. The number of rotatable bonds is 2. The number of para-hydroxylation sites is 2. The van der Waals surface area contributed by atoms with Gasteiger partial charge in [-0.3, -0.25) is 4.57 Å². The van der Waals surface area contributed by atoms with Crippen molar-refractivity contribution in [1.82, 2.24) is 4.57 Å². The van der Waals surface area contributed by atoms with Crippen LogP contribution in [0.1, 0.15) is 6.92 Å². The number of aromatic nitrogens is 1. The maximum absolute atomic E-state index is 6.23. The van der Waals surface area contributed by atoms with Gasteiger partial charge in [0.1, 0.15) is 5.82 Å². The second-order valence-corrected chi connectivity index (χ2v) is 4.49. The molecule has 2 N–H and O–H groups in total. The van der Waals surface area contributed by atoms with Crippen LogP contribution >= 0.6 is 0 Å². The highest BCUT2D eigenvalue weighted by molar-refractivity contribution is 6.09. The molecule has 0 aliphatic rings. The molecule has 3 aromatic rings. The number of hydrogen-bond acceptors (Lipinski definition) is 1. The van der Waals surface area contributed by atoms with Crippen molar-refractivity contribution in [3.63, 3.8) is 0 Å². The molecule has 0 saturated heterocycles. The van der Waals surface area contributed by atoms with Gasteiger partial charge in [0.2, 0.25) is 0 Å². The predicted molar refractivity (Wildman–Crippen MR) is 82.7 cm³/mol. The summed E-state index contributed by atoms with van der Waals surface area (Å²) in [4.78, 5) is 0. The molecule has 0 bridgehead atoms. The highest BCUT2D eigenvalue weighted by Gasteiger charge is 2.10. The molecule has 0 saturated carbocycles. The van der Waals surface area contributed by atoms with E-state index in [1.54, 1.807) is 0 Å². The fourth-order valence-electron chi connectivity index (χ4n) is 2.47. The first-order valence-corrected chi connectivity index (χ1v) is 6.40. The zero-order valence-corrected chi connectivity index (χ0v) is 10.9. The Morgan fingerprint density at radius 3 is 2.00 bits per heavy atom. The van der Waals surface area contributed by atoms with Crippen LogP contribution in [0, 0.1) is 0 Å². The minimum atomic E-state index is 0.732. The lowest BCUT2D eigenvalue weighted by molar-refractivity contribution is 1.18. The normalized spacial score (nSPS) is 12.8. The summed E-state index contributed by atoms with van der Waals surface area (Å²) in [6, 6.07) is 16.7. The molecule has 0 fully saturated rings. The topological polar surface area (TPSA) is 30.9 Å². The van der Waals surface area contributed by atoms with Crippen molar-refractivity contribution in [2.24, 2.45) is 5.73 Å². The van der Waals surface area contributed by atoms with E-state index in [0.717, 1.165) is 16.9 Å². The van der Waals surface area contributed by atoms with Gasteiger partial charge in [-0.05, 0) is 25.1 Å². The second-order valence-electron chi connectivity index (χ2n) is 4.49. The van der Waals surface area contributed by atoms with Gasteiger partial charge in [-0.2, -0.15) is 0 Å². The zero-order valence-electron chi connectivity index (χ0n) is 10.9. The third-order valence-corrected chi connectivity index (χ3v) is 3.30. The van der Waals surface area contributed by atoms with Gasteiger partial charge in [-0.25, -0.2) is 0 Å². The second kappa shape index (κ2) is 4.65. The fraction of sp³-hybridized carbons (Fsp3) is 0.0588. The zero-order chi connectivity index (χ0) is 13.2. The Morgan fingerprint density at radius 2 is 1.47 bits per heavy atom. The van der Waals surface area contributed by atoms with Crippen molar-refractivity contribution in [2.75, 3.05) is 0 Å². The van der Waals surface area contributed by atoms with E-state index >= 15 is 0 Å². The summed E-state index contributed by atoms with van der Waals surface area (Å²) < 4.78 is 2.10. The van der Waals surface area contributed by atoms with Gasteiger partial charge in [0.25, 0.3) is 0 Å². The highest BCUT2D eigenvalue weighted by atomic mass is 15.1. The van der Waals surface area contributed by atoms with Crippen LogP contribution in [0.25, 0.3) is 27.6 Å². The largest absolute Gasteiger partial charge is 0.385 e. The van der Waals surface area contributed by atoms with Gasteiger partial charge < -0.3 is 5.73 Å². The van der Waals surface area contributed by atoms with Crippen molar-refractivity contribution in [3.8, 4) is 0 Å². The molecule has 19 heavy (non-hydrogen) atoms. The van der Waals surface area contributed by atoms with Gasteiger partial charge in [-0.15, -0.1) is 0 Å². The van der Waals surface area contributed by atoms with E-state index in [1.165, 1.54) is 10.8 Å². The smallest absolute Gasteiger partial charge is 0.108 e. The summed E-state index contributed by atoms with van der Waals surface area (Å²) in [5.41, 5.74) is 8.51. The Kier molecular flexibility index (Phi) is 2.84. The molecule has 0 radical (unpaired) electrons. The molecule has 2 heteroatoms. The Hall–Kier alpha value is -2.48. The summed E-state index contributed by atoms with van der Waals surface area (Å²) in [7, 11) is 0. The van der Waals surface area contributed by atoms with E-state index in [0.29, 0.717) is 0 Å². The maximum Gasteiger partial charge on any atom is 0.108 e. The van der Waals surface area contributed by atoms with E-state index in [2.05, 4.69) is 41.0 Å². The van der Waals surface area contributed by atoms with Gasteiger partial charge >= 0.3 is 0 Å². The van der Waals surface area contributed by atoms with Crippen LogP contribution in [0.15, 0.2) is 66.8 Å². The number of nitrogens with zero attached hydrogens (tertiary/aromatic N) is 1. The average molecular weight is 248 g/mol. The quantitative estimate of drug-likeness (QED) is 0.679. The molecule has 94 valence electrons. The van der Waals surface area contributed by atoms with E-state index in [4.69, 9.17) is 5.73 Å². The Morgan fingerprint density at radius 1 is 0.947 bits per heavy atom. The first kappa shape index (κ1) is 11.6. The lowest BCUT2D eigenvalue weighted by Gasteiger charge is -2.06. The van der Waals surface area contributed by atoms with Crippen LogP contribution in [-0.2, 0) is 0 Å². The number of benzene rings is 2. The third kappa shape index (κ3) is 1.82. The fourth-order valence-corrected chi connectivity index (χ4v) is 2.47. The van der Waals surface area contributed by atoms with Crippen LogP contribution in [-0.4, -0.2) is 4.57 Å². The van der Waals surface area contributed by atoms with Gasteiger partial charge in [0, 0.05) is 10.8 Å². The molecule has 3 rings (SSSR count). The highest BCUT2D eigenvalue weighted by Crippen LogP contribution is 2.30. The molecular weight excluding hydrogens is 232 g/mol. The number of nitrogens with two attached hydrogens (primary N) is 1. The molecule has 0 aliphatic heterocycles. The molecule has 0 spiro atoms. The monoisotopic (exact) mass is 248 g/mol. The Balaban J connectivity index is 2.43. The summed E-state index contributed by atoms with van der Waals surface area (Å²) in [6.45, 7) is 1.98. The first-order valence-electron chi connectivity index (χ1n) is 6.40. The molecular formula is C17H16N2. The molecule has 0 unspecified atom stereocenters. The van der Waals surface area contributed by atoms with Crippen molar-refractivity contribution >= 4 is 27.6 Å². The van der Waals surface area contributed by atoms with Crippen molar-refractivity contribution in [3.05, 3.63) is 66.8 Å². The number of allylic oxidation sites excluding steroid dienone is 3. The summed E-state index contributed by atoms with van der Waals surface area (Å²) in [5.74, 6) is 0.732. The molecule has 1 aromatic heterocycles. The summed E-state index contributed by atoms with van der Waals surface area (Å²) in [6.07, 6.45) is 5.86. The van der Waals surface area contributed by atoms with E-state index < -0.39 is 0 Å². The summed E-state index contributed by atoms with van der Waals surface area (Å²) in [5, 5.41) is 2.46. The Labute approximate surface area is 112 Å². The molecule has 2 aromatic carbocycles. The maximum atomic E-state index is 6.23. The van der Waals surface area contributed by atoms with E-state index in [9.17, 15) is 0 Å². The van der Waals surface area contributed by atoms with Crippen LogP contribution in [0.3, 0.4) is 0 Å². The third-order valence-electron chi connectivity index (χ3n) is 3.30. The predicted octanol–water partition coefficient (Wildman–Crippen LogP) is 4.13. The van der Waals surface area contributed by atoms with Crippen LogP contribution in [0.2, 0.25) is 0 Å². The average Bonchev–Trinajstić information content (AvgIpc) is 2.79. The number of hydrogen-bond donors (Lipinski definition) is 1. The van der Waals surface area contributed by atoms with Crippen LogP contribution in [0.5, 0.6) is 0 Å². The molecule has 0 atom stereocenters. The van der Waals surface area contributed by atoms with Gasteiger partial charge in [0.15, 0.2) is 0 Å². The first-order chi connectivity index (χ1) is 9.33. The molecule has 0 aliphatic carbocycles. The lowest BCUT2D eigenvalue weighted by atomic mass is 10.2. The minimum Gasteiger partial charge on any atom is -0.385 e. The Bertz CT molecular complexity index is 738. The SMILES string of the molecule is C/C=C\C=C(/N)n1c2ccccc2c2ccccc21. The number of fused-ring (bicyclic) bond motifs is 3. The summed E-state index contributed by atoms with van der Waals surface area (Å²) >= 11 is 0. The van der Waals surface area contributed by atoms with Crippen molar-refractivity contribution in [2.45, 2.75) is 6.92 Å². The van der Waals surface area contributed by atoms with Crippen molar-refractivity contribution in [1.29, 1.82) is 0 Å². The standard InChI is InChI=1S/C17H16N2/c1-2-3-12-17(18)19-15-10-6-4-8-13(15)14-9-5-7-11-16(14)19/h2-12H,18H2,1H3/b3-2-,17-12+. The van der Waals surface area contributed by atoms with E-state index in [1.807, 2.05) is 37.3 Å².